The van der Waals surface area contributed by atoms with E-state index in [1.165, 1.54) is 9.28 Å². The molecule has 0 amide bonds. The van der Waals surface area contributed by atoms with Gasteiger partial charge in [0.1, 0.15) is 21.8 Å². The molecule has 4 aromatic heterocycles. The van der Waals surface area contributed by atoms with Crippen LogP contribution in [0.1, 0.15) is 17.5 Å². The topological polar surface area (TPSA) is 60.2 Å². The maximum atomic E-state index is 12.3. The Morgan fingerprint density at radius 3 is 3.00 bits per heavy atom. The molecule has 0 saturated heterocycles. The zero-order valence-corrected chi connectivity index (χ0v) is 16.5. The molecule has 0 atom stereocenters. The van der Waals surface area contributed by atoms with Crippen LogP contribution in [0.2, 0.25) is 0 Å². The number of hydrogen-bond acceptors (Lipinski definition) is 6. The molecule has 0 N–H and O–H groups in total. The third-order valence-corrected chi connectivity index (χ3v) is 6.42. The van der Waals surface area contributed by atoms with Gasteiger partial charge in [0.25, 0.3) is 5.56 Å². The number of aryl methyl sites for hydroxylation is 1. The number of aromatic nitrogens is 4. The van der Waals surface area contributed by atoms with Crippen molar-refractivity contribution in [3.05, 3.63) is 62.2 Å². The predicted molar refractivity (Wildman–Crippen MR) is 106 cm³/mol. The van der Waals surface area contributed by atoms with E-state index in [0.29, 0.717) is 11.4 Å². The molecule has 0 radical (unpaired) electrons. The molecule has 4 aromatic rings. The molecule has 5 nitrogen and oxygen atoms in total. The fourth-order valence-corrected chi connectivity index (χ4v) is 4.72. The molecule has 0 aliphatic heterocycles. The van der Waals surface area contributed by atoms with Crippen LogP contribution in [0.25, 0.3) is 15.9 Å². The van der Waals surface area contributed by atoms with Crippen LogP contribution in [0.4, 0.5) is 0 Å². The maximum absolute atomic E-state index is 12.3. The highest BCUT2D eigenvalue weighted by atomic mass is 79.9. The maximum Gasteiger partial charge on any atom is 0.258 e. The molecule has 25 heavy (non-hydrogen) atoms. The van der Waals surface area contributed by atoms with Gasteiger partial charge in [-0.2, -0.15) is 0 Å². The van der Waals surface area contributed by atoms with Crippen molar-refractivity contribution in [3.63, 3.8) is 0 Å². The smallest absolute Gasteiger partial charge is 0.258 e. The van der Waals surface area contributed by atoms with Crippen LogP contribution in [0.5, 0.6) is 0 Å². The lowest BCUT2D eigenvalue weighted by Gasteiger charge is -2.05. The second-order valence-corrected chi connectivity index (χ2v) is 8.41. The van der Waals surface area contributed by atoms with Gasteiger partial charge in [0, 0.05) is 32.8 Å². The highest BCUT2D eigenvalue weighted by Crippen LogP contribution is 2.32. The first-order chi connectivity index (χ1) is 12.1. The second kappa shape index (κ2) is 6.86. The molecule has 0 saturated carbocycles. The standard InChI is InChI=1S/C17H13BrN4OS2/c1-2-12-6-13-16(19-9-20-17(13)25-12)24-8-11-5-15(23)22-7-10(18)3-4-14(22)21-11/h3-7,9H,2,8H2,1H3. The second-order valence-electron chi connectivity index (χ2n) is 5.41. The van der Waals surface area contributed by atoms with Crippen molar-refractivity contribution in [2.75, 3.05) is 0 Å². The average molecular weight is 433 g/mol. The first kappa shape index (κ1) is 16.7. The molecule has 0 aliphatic rings. The van der Waals surface area contributed by atoms with Crippen molar-refractivity contribution in [3.8, 4) is 0 Å². The van der Waals surface area contributed by atoms with Gasteiger partial charge in [-0.05, 0) is 40.5 Å². The number of pyridine rings is 1. The molecule has 0 bridgehead atoms. The number of halogens is 1. The van der Waals surface area contributed by atoms with Gasteiger partial charge in [0.05, 0.1) is 5.69 Å². The van der Waals surface area contributed by atoms with Gasteiger partial charge in [0.15, 0.2) is 0 Å². The van der Waals surface area contributed by atoms with Crippen LogP contribution >= 0.6 is 39.0 Å². The van der Waals surface area contributed by atoms with Crippen molar-refractivity contribution in [1.29, 1.82) is 0 Å². The Kier molecular flexibility index (Phi) is 4.58. The van der Waals surface area contributed by atoms with Gasteiger partial charge >= 0.3 is 0 Å². The van der Waals surface area contributed by atoms with E-state index < -0.39 is 0 Å². The van der Waals surface area contributed by atoms with Crippen LogP contribution in [0.15, 0.2) is 51.1 Å². The Morgan fingerprint density at radius 2 is 2.16 bits per heavy atom. The molecule has 0 aliphatic carbocycles. The van der Waals surface area contributed by atoms with Crippen molar-refractivity contribution in [2.45, 2.75) is 24.1 Å². The van der Waals surface area contributed by atoms with E-state index in [4.69, 9.17) is 0 Å². The molecule has 0 spiro atoms. The van der Waals surface area contributed by atoms with Crippen LogP contribution in [0.3, 0.4) is 0 Å². The van der Waals surface area contributed by atoms with E-state index in [1.807, 2.05) is 12.1 Å². The fraction of sp³-hybridized carbons (Fsp3) is 0.176. The first-order valence-corrected chi connectivity index (χ1v) is 10.3. The van der Waals surface area contributed by atoms with E-state index in [2.05, 4.69) is 43.9 Å². The lowest BCUT2D eigenvalue weighted by atomic mass is 10.3. The molecule has 0 unspecified atom stereocenters. The van der Waals surface area contributed by atoms with Gasteiger partial charge < -0.3 is 0 Å². The summed E-state index contributed by atoms with van der Waals surface area (Å²) in [7, 11) is 0. The zero-order valence-electron chi connectivity index (χ0n) is 13.3. The summed E-state index contributed by atoms with van der Waals surface area (Å²) in [5.41, 5.74) is 1.30. The number of thiophene rings is 1. The first-order valence-electron chi connectivity index (χ1n) is 7.68. The van der Waals surface area contributed by atoms with E-state index in [9.17, 15) is 4.79 Å². The molecule has 126 valence electrons. The number of hydrogen-bond donors (Lipinski definition) is 0. The number of fused-ring (bicyclic) bond motifs is 2. The zero-order chi connectivity index (χ0) is 17.4. The predicted octanol–water partition coefficient (Wildman–Crippen LogP) is 4.32. The number of nitrogens with zero attached hydrogens (tertiary/aromatic N) is 4. The Balaban J connectivity index is 1.65. The summed E-state index contributed by atoms with van der Waals surface area (Å²) in [6.07, 6.45) is 4.32. The normalized spacial score (nSPS) is 11.4. The highest BCUT2D eigenvalue weighted by molar-refractivity contribution is 9.10. The van der Waals surface area contributed by atoms with Crippen LogP contribution in [-0.2, 0) is 12.2 Å². The van der Waals surface area contributed by atoms with Gasteiger partial charge in [0.2, 0.25) is 0 Å². The molecular formula is C17H13BrN4OS2. The van der Waals surface area contributed by atoms with Crippen molar-refractivity contribution in [2.24, 2.45) is 0 Å². The van der Waals surface area contributed by atoms with Crippen LogP contribution in [0, 0.1) is 0 Å². The van der Waals surface area contributed by atoms with Gasteiger partial charge in [-0.3, -0.25) is 9.20 Å². The molecule has 0 aromatic carbocycles. The summed E-state index contributed by atoms with van der Waals surface area (Å²) in [5.74, 6) is 0.589. The summed E-state index contributed by atoms with van der Waals surface area (Å²) < 4.78 is 2.38. The summed E-state index contributed by atoms with van der Waals surface area (Å²) >= 11 is 6.66. The summed E-state index contributed by atoms with van der Waals surface area (Å²) in [4.78, 5) is 27.9. The summed E-state index contributed by atoms with van der Waals surface area (Å²) in [6, 6.07) is 7.44. The monoisotopic (exact) mass is 432 g/mol. The van der Waals surface area contributed by atoms with E-state index in [-0.39, 0.29) is 5.56 Å². The van der Waals surface area contributed by atoms with Crippen molar-refractivity contribution in [1.82, 2.24) is 19.4 Å². The van der Waals surface area contributed by atoms with Gasteiger partial charge in [-0.1, -0.05) is 18.7 Å². The molecule has 4 heterocycles. The Hall–Kier alpha value is -1.77. The summed E-state index contributed by atoms with van der Waals surface area (Å²) in [5, 5.41) is 2.01. The minimum absolute atomic E-state index is 0.0847. The molecule has 0 fully saturated rings. The minimum Gasteiger partial charge on any atom is -0.269 e. The number of thioether (sulfide) groups is 1. The van der Waals surface area contributed by atoms with E-state index in [0.717, 1.165) is 31.8 Å². The Bertz CT molecular complexity index is 1140. The fourth-order valence-electron chi connectivity index (χ4n) is 2.52. The van der Waals surface area contributed by atoms with Gasteiger partial charge in [-0.25, -0.2) is 15.0 Å². The van der Waals surface area contributed by atoms with Crippen LogP contribution in [-0.4, -0.2) is 19.4 Å². The third-order valence-electron chi connectivity index (χ3n) is 3.73. The lowest BCUT2D eigenvalue weighted by molar-refractivity contribution is 1.00. The third kappa shape index (κ3) is 3.33. The highest BCUT2D eigenvalue weighted by Gasteiger charge is 2.10. The van der Waals surface area contributed by atoms with E-state index in [1.54, 1.807) is 41.7 Å². The SMILES string of the molecule is CCc1cc2c(SCc3cc(=O)n4cc(Br)ccc4n3)ncnc2s1. The van der Waals surface area contributed by atoms with Crippen LogP contribution < -0.4 is 5.56 Å². The Morgan fingerprint density at radius 1 is 1.28 bits per heavy atom. The molecule has 8 heteroatoms. The molecule has 4 rings (SSSR count). The van der Waals surface area contributed by atoms with Gasteiger partial charge in [-0.15, -0.1) is 11.3 Å². The largest absolute Gasteiger partial charge is 0.269 e. The van der Waals surface area contributed by atoms with Crippen molar-refractivity contribution < 1.29 is 0 Å². The number of rotatable bonds is 4. The Labute approximate surface area is 160 Å². The summed E-state index contributed by atoms with van der Waals surface area (Å²) in [6.45, 7) is 2.13. The van der Waals surface area contributed by atoms with E-state index >= 15 is 0 Å². The average Bonchev–Trinajstić information content (AvgIpc) is 3.04. The lowest BCUT2D eigenvalue weighted by Crippen LogP contribution is -2.15. The minimum atomic E-state index is -0.0847. The quantitative estimate of drug-likeness (QED) is 0.355. The van der Waals surface area contributed by atoms with Crippen molar-refractivity contribution >= 4 is 54.9 Å². The molecular weight excluding hydrogens is 420 g/mol.